The third-order valence-electron chi connectivity index (χ3n) is 4.67. The lowest BCUT2D eigenvalue weighted by molar-refractivity contribution is -0.131. The molecule has 0 unspecified atom stereocenters. The molecule has 1 atom stereocenters. The second kappa shape index (κ2) is 6.14. The third-order valence-corrected chi connectivity index (χ3v) is 4.67. The molecule has 1 fully saturated rings. The van der Waals surface area contributed by atoms with Crippen LogP contribution in [0.4, 0.5) is 0 Å². The first-order valence-electron chi connectivity index (χ1n) is 8.02. The van der Waals surface area contributed by atoms with Crippen LogP contribution >= 0.6 is 0 Å². The molecule has 23 heavy (non-hydrogen) atoms. The van der Waals surface area contributed by atoms with Gasteiger partial charge in [0.1, 0.15) is 0 Å². The molecular weight excluding hydrogens is 294 g/mol. The highest BCUT2D eigenvalue weighted by molar-refractivity contribution is 5.79. The van der Waals surface area contributed by atoms with Crippen LogP contribution in [0.15, 0.2) is 4.52 Å². The summed E-state index contributed by atoms with van der Waals surface area (Å²) < 4.78 is 6.90. The summed E-state index contributed by atoms with van der Waals surface area (Å²) in [6, 6.07) is 0. The molecule has 3 heterocycles. The Kier molecular flexibility index (Phi) is 4.19. The molecule has 0 N–H and O–H groups in total. The van der Waals surface area contributed by atoms with Crippen molar-refractivity contribution < 1.29 is 9.32 Å². The lowest BCUT2D eigenvalue weighted by Gasteiger charge is -2.31. The van der Waals surface area contributed by atoms with Crippen LogP contribution in [-0.2, 0) is 18.3 Å². The summed E-state index contributed by atoms with van der Waals surface area (Å²) >= 11 is 0. The summed E-state index contributed by atoms with van der Waals surface area (Å²) in [5.74, 6) is 1.61. The van der Waals surface area contributed by atoms with Crippen molar-refractivity contribution >= 4 is 5.91 Å². The van der Waals surface area contributed by atoms with E-state index in [4.69, 9.17) is 4.52 Å². The number of likely N-dealkylation sites (tertiary alicyclic amines) is 1. The number of aryl methyl sites for hydroxylation is 3. The Bertz CT molecular complexity index is 718. The average molecular weight is 317 g/mol. The zero-order valence-electron chi connectivity index (χ0n) is 14.2. The molecule has 3 rings (SSSR count). The van der Waals surface area contributed by atoms with E-state index in [1.54, 1.807) is 6.92 Å². The number of hydrogen-bond donors (Lipinski definition) is 0. The van der Waals surface area contributed by atoms with Crippen LogP contribution in [0.2, 0.25) is 0 Å². The van der Waals surface area contributed by atoms with Crippen LogP contribution in [0.5, 0.6) is 0 Å². The van der Waals surface area contributed by atoms with Crippen LogP contribution in [0.1, 0.15) is 47.4 Å². The number of rotatable bonds is 3. The van der Waals surface area contributed by atoms with E-state index >= 15 is 0 Å². The van der Waals surface area contributed by atoms with Crippen LogP contribution in [0, 0.1) is 20.8 Å². The van der Waals surface area contributed by atoms with Gasteiger partial charge in [-0.3, -0.25) is 9.48 Å². The fourth-order valence-electron chi connectivity index (χ4n) is 3.23. The second-order valence-electron chi connectivity index (χ2n) is 6.30. The zero-order valence-corrected chi connectivity index (χ0v) is 14.2. The molecule has 0 aromatic carbocycles. The van der Waals surface area contributed by atoms with Crippen molar-refractivity contribution in [2.75, 3.05) is 13.1 Å². The standard InChI is InChI=1S/C16H23N5O2/c1-10-14(11(2)20(4)18-10)8-15(22)21-7-5-6-13(9-21)16-17-12(3)23-19-16/h13H,5-9H2,1-4H3/t13-/m1/s1. The Labute approximate surface area is 135 Å². The smallest absolute Gasteiger partial charge is 0.227 e. The topological polar surface area (TPSA) is 77.1 Å². The summed E-state index contributed by atoms with van der Waals surface area (Å²) in [7, 11) is 1.91. The van der Waals surface area contributed by atoms with Crippen molar-refractivity contribution in [3.05, 3.63) is 28.7 Å². The van der Waals surface area contributed by atoms with Gasteiger partial charge < -0.3 is 9.42 Å². The highest BCUT2D eigenvalue weighted by atomic mass is 16.5. The van der Waals surface area contributed by atoms with E-state index in [0.717, 1.165) is 36.3 Å². The predicted molar refractivity (Wildman–Crippen MR) is 84.0 cm³/mol. The molecule has 1 amide bonds. The number of carbonyl (C=O) groups excluding carboxylic acids is 1. The minimum Gasteiger partial charge on any atom is -0.342 e. The predicted octanol–water partition coefficient (Wildman–Crippen LogP) is 1.68. The molecule has 124 valence electrons. The lowest BCUT2D eigenvalue weighted by Crippen LogP contribution is -2.40. The van der Waals surface area contributed by atoms with Gasteiger partial charge in [0.25, 0.3) is 0 Å². The van der Waals surface area contributed by atoms with Gasteiger partial charge in [0.2, 0.25) is 11.8 Å². The minimum atomic E-state index is 0.147. The maximum atomic E-state index is 12.7. The van der Waals surface area contributed by atoms with Crippen molar-refractivity contribution in [1.29, 1.82) is 0 Å². The molecule has 0 spiro atoms. The van der Waals surface area contributed by atoms with Gasteiger partial charge in [-0.1, -0.05) is 5.16 Å². The summed E-state index contributed by atoms with van der Waals surface area (Å²) in [5.41, 5.74) is 3.02. The first-order chi connectivity index (χ1) is 11.0. The van der Waals surface area contributed by atoms with E-state index in [1.165, 1.54) is 0 Å². The number of piperidine rings is 1. The lowest BCUT2D eigenvalue weighted by atomic mass is 9.96. The number of carbonyl (C=O) groups is 1. The molecule has 0 bridgehead atoms. The number of amides is 1. The Morgan fingerprint density at radius 3 is 2.74 bits per heavy atom. The number of nitrogens with zero attached hydrogens (tertiary/aromatic N) is 5. The maximum absolute atomic E-state index is 12.7. The van der Waals surface area contributed by atoms with E-state index in [1.807, 2.05) is 30.5 Å². The summed E-state index contributed by atoms with van der Waals surface area (Å²) in [5, 5.41) is 8.40. The van der Waals surface area contributed by atoms with Gasteiger partial charge in [-0.05, 0) is 26.7 Å². The van der Waals surface area contributed by atoms with Gasteiger partial charge in [-0.15, -0.1) is 0 Å². The van der Waals surface area contributed by atoms with Crippen molar-refractivity contribution in [1.82, 2.24) is 24.8 Å². The van der Waals surface area contributed by atoms with Gasteiger partial charge >= 0.3 is 0 Å². The summed E-state index contributed by atoms with van der Waals surface area (Å²) in [4.78, 5) is 18.9. The van der Waals surface area contributed by atoms with Gasteiger partial charge in [-0.2, -0.15) is 10.1 Å². The largest absolute Gasteiger partial charge is 0.342 e. The Morgan fingerprint density at radius 1 is 1.35 bits per heavy atom. The Balaban J connectivity index is 1.70. The van der Waals surface area contributed by atoms with Crippen LogP contribution in [0.25, 0.3) is 0 Å². The summed E-state index contributed by atoms with van der Waals surface area (Å²) in [6.45, 7) is 7.21. The van der Waals surface area contributed by atoms with Crippen LogP contribution in [-0.4, -0.2) is 43.8 Å². The third kappa shape index (κ3) is 3.13. The molecule has 2 aromatic heterocycles. The fourth-order valence-corrected chi connectivity index (χ4v) is 3.23. The highest BCUT2D eigenvalue weighted by Crippen LogP contribution is 2.25. The van der Waals surface area contributed by atoms with Crippen molar-refractivity contribution in [2.45, 2.75) is 46.0 Å². The van der Waals surface area contributed by atoms with E-state index in [9.17, 15) is 4.79 Å². The van der Waals surface area contributed by atoms with Gasteiger partial charge in [0.05, 0.1) is 12.1 Å². The SMILES string of the molecule is Cc1nc([C@@H]2CCCN(C(=O)Cc3c(C)nn(C)c3C)C2)no1. The Morgan fingerprint density at radius 2 is 2.13 bits per heavy atom. The zero-order chi connectivity index (χ0) is 16.6. The molecule has 2 aromatic rings. The molecule has 7 heteroatoms. The molecule has 1 aliphatic heterocycles. The second-order valence-corrected chi connectivity index (χ2v) is 6.30. The summed E-state index contributed by atoms with van der Waals surface area (Å²) in [6.07, 6.45) is 2.37. The van der Waals surface area contributed by atoms with E-state index in [-0.39, 0.29) is 11.8 Å². The van der Waals surface area contributed by atoms with Gasteiger partial charge in [0.15, 0.2) is 5.82 Å². The number of aromatic nitrogens is 4. The van der Waals surface area contributed by atoms with E-state index < -0.39 is 0 Å². The Hall–Kier alpha value is -2.18. The van der Waals surface area contributed by atoms with Crippen LogP contribution in [0.3, 0.4) is 0 Å². The van der Waals surface area contributed by atoms with E-state index in [0.29, 0.717) is 24.7 Å². The normalized spacial score (nSPS) is 18.4. The maximum Gasteiger partial charge on any atom is 0.227 e. The monoisotopic (exact) mass is 317 g/mol. The fraction of sp³-hybridized carbons (Fsp3) is 0.625. The van der Waals surface area contributed by atoms with E-state index in [2.05, 4.69) is 15.2 Å². The van der Waals surface area contributed by atoms with Gasteiger partial charge in [0, 0.05) is 44.2 Å². The van der Waals surface area contributed by atoms with Crippen LogP contribution < -0.4 is 0 Å². The van der Waals surface area contributed by atoms with Crippen molar-refractivity contribution in [2.24, 2.45) is 7.05 Å². The molecular formula is C16H23N5O2. The van der Waals surface area contributed by atoms with Crippen molar-refractivity contribution in [3.63, 3.8) is 0 Å². The quantitative estimate of drug-likeness (QED) is 0.860. The van der Waals surface area contributed by atoms with Gasteiger partial charge in [-0.25, -0.2) is 0 Å². The molecule has 7 nitrogen and oxygen atoms in total. The molecule has 0 saturated carbocycles. The first kappa shape index (κ1) is 15.7. The molecule has 0 radical (unpaired) electrons. The average Bonchev–Trinajstić information content (AvgIpc) is 3.06. The molecule has 1 saturated heterocycles. The van der Waals surface area contributed by atoms with Crippen molar-refractivity contribution in [3.8, 4) is 0 Å². The molecule has 0 aliphatic carbocycles. The number of hydrogen-bond acceptors (Lipinski definition) is 5. The highest BCUT2D eigenvalue weighted by Gasteiger charge is 2.28. The minimum absolute atomic E-state index is 0.147. The molecule has 1 aliphatic rings. The first-order valence-corrected chi connectivity index (χ1v) is 8.02.